The average molecular weight is 554 g/mol. The van der Waals surface area contributed by atoms with Crippen LogP contribution in [0.5, 0.6) is 0 Å². The van der Waals surface area contributed by atoms with E-state index in [-0.39, 0.29) is 17.8 Å². The summed E-state index contributed by atoms with van der Waals surface area (Å²) in [6.45, 7) is 9.87. The van der Waals surface area contributed by atoms with Crippen LogP contribution in [0, 0.1) is 6.92 Å². The minimum absolute atomic E-state index is 0.0769. The highest BCUT2D eigenvalue weighted by Crippen LogP contribution is 2.46. The highest BCUT2D eigenvalue weighted by atomic mass is 16.1. The van der Waals surface area contributed by atoms with Gasteiger partial charge in [-0.1, -0.05) is 67.8 Å². The number of rotatable bonds is 3. The van der Waals surface area contributed by atoms with Gasteiger partial charge in [0.1, 0.15) is 5.65 Å². The van der Waals surface area contributed by atoms with E-state index in [4.69, 9.17) is 9.98 Å². The van der Waals surface area contributed by atoms with Crippen LogP contribution in [0.3, 0.4) is 0 Å². The monoisotopic (exact) mass is 553 g/mol. The van der Waals surface area contributed by atoms with Gasteiger partial charge in [-0.3, -0.25) is 19.0 Å². The first kappa shape index (κ1) is 24.0. The van der Waals surface area contributed by atoms with Gasteiger partial charge in [0.2, 0.25) is 0 Å². The van der Waals surface area contributed by atoms with Crippen molar-refractivity contribution in [2.75, 3.05) is 0 Å². The number of imidazole rings is 1. The number of hydrogen-bond acceptors (Lipinski definition) is 4. The molecule has 5 nitrogen and oxygen atoms in total. The van der Waals surface area contributed by atoms with Gasteiger partial charge in [0.25, 0.3) is 5.56 Å². The van der Waals surface area contributed by atoms with E-state index in [0.717, 1.165) is 76.6 Å². The van der Waals surface area contributed by atoms with E-state index in [1.54, 1.807) is 16.6 Å². The molecule has 0 bridgehead atoms. The molecular formula is C38H23N3O2. The zero-order chi connectivity index (χ0) is 29.1. The van der Waals surface area contributed by atoms with Crippen LogP contribution in [0.15, 0.2) is 95.7 Å². The molecule has 0 saturated carbocycles. The zero-order valence-corrected chi connectivity index (χ0v) is 23.4. The van der Waals surface area contributed by atoms with E-state index in [9.17, 15) is 9.59 Å². The minimum Gasteiger partial charge on any atom is -0.294 e. The molecule has 0 radical (unpaired) electrons. The van der Waals surface area contributed by atoms with Gasteiger partial charge in [0.15, 0.2) is 5.78 Å². The average Bonchev–Trinajstić information content (AvgIpc) is 3.42. The second-order valence-electron chi connectivity index (χ2n) is 11.3. The van der Waals surface area contributed by atoms with E-state index >= 15 is 0 Å². The quantitative estimate of drug-likeness (QED) is 0.162. The SMILES string of the molecule is C=Cc1nc2c3ccc4c5ccc6c7c(ccc(c8ccc(c(=O)n2c1C=C)c3c84)c75)C(=O)C/C6=N\c1ccccc1C. The van der Waals surface area contributed by atoms with Crippen molar-refractivity contribution >= 4 is 88.8 Å². The second kappa shape index (κ2) is 8.20. The van der Waals surface area contributed by atoms with Crippen molar-refractivity contribution in [2.45, 2.75) is 13.3 Å². The number of fused-ring (bicyclic) bond motifs is 4. The molecule has 5 heteroatoms. The Balaban J connectivity index is 1.45. The molecule has 9 rings (SSSR count). The van der Waals surface area contributed by atoms with Gasteiger partial charge in [0, 0.05) is 32.7 Å². The molecule has 0 N–H and O–H groups in total. The molecule has 0 fully saturated rings. The number of benzene rings is 6. The van der Waals surface area contributed by atoms with Gasteiger partial charge in [-0.2, -0.15) is 0 Å². The Kier molecular flexibility index (Phi) is 4.57. The van der Waals surface area contributed by atoms with Gasteiger partial charge in [-0.25, -0.2) is 4.98 Å². The van der Waals surface area contributed by atoms with Crippen molar-refractivity contribution in [1.29, 1.82) is 0 Å². The Morgan fingerprint density at radius 3 is 2.02 bits per heavy atom. The lowest BCUT2D eigenvalue weighted by molar-refractivity contribution is 0.100. The van der Waals surface area contributed by atoms with Crippen LogP contribution in [0.1, 0.15) is 39.3 Å². The number of ketones is 1. The normalized spacial score (nSPS) is 14.4. The number of para-hydroxylation sites is 1. The lowest BCUT2D eigenvalue weighted by Crippen LogP contribution is -2.17. The standard InChI is InChI=1S/C38H23N3O2/c1-4-28-31(5-2)41-37(40-28)26-16-12-22-20-10-14-24-30(39-29-9-7-6-8-19(29)3)18-32(42)25-15-11-21(33(20)35(24)25)23-13-17-27(38(41)43)36(26)34(22)23/h4-17H,1-2,18H2,3H3/b39-30+. The van der Waals surface area contributed by atoms with Crippen molar-refractivity contribution in [3.63, 3.8) is 0 Å². The summed E-state index contributed by atoms with van der Waals surface area (Å²) in [5.41, 5.74) is 6.23. The first-order chi connectivity index (χ1) is 21.0. The zero-order valence-electron chi connectivity index (χ0n) is 23.4. The molecule has 6 aromatic carbocycles. The van der Waals surface area contributed by atoms with Crippen LogP contribution in [0.25, 0.3) is 71.7 Å². The number of aliphatic imine (C=N–C) groups is 1. The molecule has 0 spiro atoms. The maximum absolute atomic E-state index is 13.9. The van der Waals surface area contributed by atoms with Crippen molar-refractivity contribution in [3.8, 4) is 0 Å². The third kappa shape index (κ3) is 2.91. The number of hydrogen-bond donors (Lipinski definition) is 0. The van der Waals surface area contributed by atoms with Crippen LogP contribution < -0.4 is 5.56 Å². The molecular weight excluding hydrogens is 530 g/mol. The number of carbonyl (C=O) groups excluding carboxylic acids is 1. The molecule has 8 aromatic rings. The van der Waals surface area contributed by atoms with Crippen LogP contribution in [0.4, 0.5) is 5.69 Å². The van der Waals surface area contributed by atoms with Crippen LogP contribution in [0.2, 0.25) is 0 Å². The Hall–Kier alpha value is -5.68. The highest BCUT2D eigenvalue weighted by molar-refractivity contribution is 6.41. The Labute approximate surface area is 245 Å². The van der Waals surface area contributed by atoms with Crippen molar-refractivity contribution in [1.82, 2.24) is 9.38 Å². The van der Waals surface area contributed by atoms with E-state index < -0.39 is 0 Å². The Bertz CT molecular complexity index is 2650. The topological polar surface area (TPSA) is 63.8 Å². The molecule has 2 heterocycles. The Morgan fingerprint density at radius 2 is 1.33 bits per heavy atom. The third-order valence-corrected chi connectivity index (χ3v) is 9.21. The van der Waals surface area contributed by atoms with Gasteiger partial charge in [-0.15, -0.1) is 0 Å². The first-order valence-corrected chi connectivity index (χ1v) is 14.3. The lowest BCUT2D eigenvalue weighted by atomic mass is 9.80. The summed E-state index contributed by atoms with van der Waals surface area (Å²) in [5.74, 6) is 0.0769. The predicted octanol–water partition coefficient (Wildman–Crippen LogP) is 8.64. The maximum atomic E-state index is 13.9. The number of pyridine rings is 1. The second-order valence-corrected chi connectivity index (χ2v) is 11.3. The highest BCUT2D eigenvalue weighted by Gasteiger charge is 2.28. The fraction of sp³-hybridized carbons (Fsp3) is 0.0526. The van der Waals surface area contributed by atoms with Gasteiger partial charge < -0.3 is 0 Å². The third-order valence-electron chi connectivity index (χ3n) is 9.21. The summed E-state index contributed by atoms with van der Waals surface area (Å²) in [7, 11) is 0. The fourth-order valence-electron chi connectivity index (χ4n) is 7.31. The molecule has 1 aliphatic carbocycles. The van der Waals surface area contributed by atoms with E-state index in [1.807, 2.05) is 49.4 Å². The molecule has 2 aromatic heterocycles. The lowest BCUT2D eigenvalue weighted by Gasteiger charge is -2.23. The molecule has 1 aliphatic rings. The molecule has 43 heavy (non-hydrogen) atoms. The molecule has 0 amide bonds. The summed E-state index contributed by atoms with van der Waals surface area (Å²) in [5, 5.41) is 9.68. The molecule has 0 saturated heterocycles. The maximum Gasteiger partial charge on any atom is 0.264 e. The van der Waals surface area contributed by atoms with E-state index in [1.165, 1.54) is 0 Å². The summed E-state index contributed by atoms with van der Waals surface area (Å²) < 4.78 is 1.65. The van der Waals surface area contributed by atoms with Crippen LogP contribution >= 0.6 is 0 Å². The van der Waals surface area contributed by atoms with E-state index in [2.05, 4.69) is 43.5 Å². The summed E-state index contributed by atoms with van der Waals surface area (Å²) in [6.07, 6.45) is 3.59. The van der Waals surface area contributed by atoms with Crippen molar-refractivity contribution in [2.24, 2.45) is 4.99 Å². The van der Waals surface area contributed by atoms with Gasteiger partial charge >= 0.3 is 0 Å². The summed E-state index contributed by atoms with van der Waals surface area (Å²) in [6, 6.07) is 24.5. The Morgan fingerprint density at radius 1 is 0.721 bits per heavy atom. The number of nitrogens with zero attached hydrogens (tertiary/aromatic N) is 3. The van der Waals surface area contributed by atoms with E-state index in [0.29, 0.717) is 22.4 Å². The van der Waals surface area contributed by atoms with Crippen LogP contribution in [-0.4, -0.2) is 20.9 Å². The molecule has 0 aliphatic heterocycles. The first-order valence-electron chi connectivity index (χ1n) is 14.3. The van der Waals surface area contributed by atoms with Crippen LogP contribution in [-0.2, 0) is 0 Å². The smallest absolute Gasteiger partial charge is 0.264 e. The van der Waals surface area contributed by atoms with Gasteiger partial charge in [-0.05, 0) is 75.2 Å². The largest absolute Gasteiger partial charge is 0.294 e. The molecule has 0 unspecified atom stereocenters. The summed E-state index contributed by atoms with van der Waals surface area (Å²) >= 11 is 0. The number of carbonyl (C=O) groups is 1. The number of aryl methyl sites for hydroxylation is 1. The molecule has 202 valence electrons. The molecule has 0 atom stereocenters. The fourth-order valence-corrected chi connectivity index (χ4v) is 7.31. The number of Topliss-reactive ketones (excluding diaryl/α,β-unsaturated/α-hetero) is 1. The van der Waals surface area contributed by atoms with Crippen molar-refractivity contribution < 1.29 is 4.79 Å². The number of aromatic nitrogens is 2. The summed E-state index contributed by atoms with van der Waals surface area (Å²) in [4.78, 5) is 37.3. The predicted molar refractivity (Wildman–Crippen MR) is 178 cm³/mol. The van der Waals surface area contributed by atoms with Crippen molar-refractivity contribution in [3.05, 3.63) is 124 Å². The minimum atomic E-state index is -0.125. The van der Waals surface area contributed by atoms with Gasteiger partial charge in [0.05, 0.1) is 29.2 Å².